The van der Waals surface area contributed by atoms with E-state index in [2.05, 4.69) is 35.7 Å². The summed E-state index contributed by atoms with van der Waals surface area (Å²) in [7, 11) is 3.64. The topological polar surface area (TPSA) is 98.4 Å². The molecule has 0 spiro atoms. The van der Waals surface area contributed by atoms with Gasteiger partial charge in [-0.1, -0.05) is 0 Å². The lowest BCUT2D eigenvalue weighted by atomic mass is 10.4. The third kappa shape index (κ3) is 2.96. The van der Waals surface area contributed by atoms with Crippen LogP contribution in [0.5, 0.6) is 0 Å². The Hall–Kier alpha value is -2.97. The van der Waals surface area contributed by atoms with Gasteiger partial charge in [-0.15, -0.1) is 0 Å². The van der Waals surface area contributed by atoms with Crippen molar-refractivity contribution < 1.29 is 0 Å². The third-order valence-electron chi connectivity index (χ3n) is 2.78. The summed E-state index contributed by atoms with van der Waals surface area (Å²) < 4.78 is 3.47. The Morgan fingerprint density at radius 1 is 1.14 bits per heavy atom. The molecule has 0 radical (unpaired) electrons. The highest BCUT2D eigenvalue weighted by Gasteiger charge is 2.07. The van der Waals surface area contributed by atoms with Gasteiger partial charge in [-0.25, -0.2) is 4.98 Å². The molecule has 3 heterocycles. The summed E-state index contributed by atoms with van der Waals surface area (Å²) in [5.74, 6) is 1.45. The fourth-order valence-corrected chi connectivity index (χ4v) is 1.78. The van der Waals surface area contributed by atoms with E-state index in [0.717, 1.165) is 5.69 Å². The molecular weight excluding hydrogens is 270 g/mol. The van der Waals surface area contributed by atoms with Crippen LogP contribution in [0.15, 0.2) is 31.0 Å². The van der Waals surface area contributed by atoms with Crippen LogP contribution >= 0.6 is 0 Å². The summed E-state index contributed by atoms with van der Waals surface area (Å²) in [6.45, 7) is 0.539. The van der Waals surface area contributed by atoms with Crippen molar-refractivity contribution in [1.82, 2.24) is 34.3 Å². The molecule has 2 N–H and O–H groups in total. The summed E-state index contributed by atoms with van der Waals surface area (Å²) in [5, 5.41) is 10.3. The number of nitrogens with one attached hydrogen (secondary N) is 2. The Balaban J connectivity index is 1.82. The summed E-state index contributed by atoms with van der Waals surface area (Å²) in [5.41, 5.74) is 0.910. The summed E-state index contributed by atoms with van der Waals surface area (Å²) in [6.07, 6.45) is 6.97. The second-order valence-corrected chi connectivity index (χ2v) is 4.34. The van der Waals surface area contributed by atoms with E-state index in [4.69, 9.17) is 0 Å². The van der Waals surface area contributed by atoms with Crippen LogP contribution in [-0.2, 0) is 13.6 Å². The molecule has 0 atom stereocenters. The molecule has 3 aromatic heterocycles. The van der Waals surface area contributed by atoms with E-state index in [1.54, 1.807) is 35.0 Å². The van der Waals surface area contributed by atoms with E-state index in [0.29, 0.717) is 24.4 Å². The average molecular weight is 285 g/mol. The largest absolute Gasteiger partial charge is 0.357 e. The van der Waals surface area contributed by atoms with Crippen LogP contribution in [0.4, 0.5) is 11.9 Å². The van der Waals surface area contributed by atoms with Crippen LogP contribution < -0.4 is 10.6 Å². The summed E-state index contributed by atoms with van der Waals surface area (Å²) >= 11 is 0. The predicted molar refractivity (Wildman–Crippen MR) is 77.0 cm³/mol. The van der Waals surface area contributed by atoms with Crippen LogP contribution in [0, 0.1) is 0 Å². The zero-order chi connectivity index (χ0) is 14.7. The van der Waals surface area contributed by atoms with Gasteiger partial charge in [0, 0.05) is 32.7 Å². The summed E-state index contributed by atoms with van der Waals surface area (Å²) in [4.78, 5) is 16.9. The standard InChI is InChI=1S/C12H15N9/c1-13-10-16-11(15-7-9-3-5-20(2)19-9)18-12(17-10)21-6-4-14-8-21/h3-6,8H,7H2,1-2H3,(H2,13,15,16,17,18). The van der Waals surface area contributed by atoms with Crippen molar-refractivity contribution in [2.75, 3.05) is 17.7 Å². The molecule has 3 rings (SSSR count). The van der Waals surface area contributed by atoms with Gasteiger partial charge in [0.15, 0.2) is 0 Å². The number of imidazole rings is 1. The van der Waals surface area contributed by atoms with E-state index in [1.807, 2.05) is 19.3 Å². The molecule has 0 bridgehead atoms. The number of hydrogen-bond acceptors (Lipinski definition) is 7. The number of aryl methyl sites for hydroxylation is 1. The van der Waals surface area contributed by atoms with E-state index in [1.165, 1.54) is 0 Å². The van der Waals surface area contributed by atoms with E-state index in [9.17, 15) is 0 Å². The van der Waals surface area contributed by atoms with Crippen LogP contribution in [0.2, 0.25) is 0 Å². The maximum atomic E-state index is 4.36. The SMILES string of the molecule is CNc1nc(NCc2ccn(C)n2)nc(-n2ccnc2)n1. The molecular formula is C12H15N9. The quantitative estimate of drug-likeness (QED) is 0.702. The first-order valence-corrected chi connectivity index (χ1v) is 6.39. The molecule has 3 aromatic rings. The fourth-order valence-electron chi connectivity index (χ4n) is 1.78. The molecule has 21 heavy (non-hydrogen) atoms. The number of rotatable bonds is 5. The molecule has 0 aromatic carbocycles. The first kappa shape index (κ1) is 13.0. The number of aromatic nitrogens is 7. The first-order chi connectivity index (χ1) is 10.2. The molecule has 108 valence electrons. The van der Waals surface area contributed by atoms with Gasteiger partial charge in [0.05, 0.1) is 12.2 Å². The molecule has 0 saturated carbocycles. The van der Waals surface area contributed by atoms with Gasteiger partial charge in [-0.2, -0.15) is 20.1 Å². The Morgan fingerprint density at radius 3 is 2.67 bits per heavy atom. The molecule has 0 aliphatic rings. The molecule has 0 aliphatic carbocycles. The highest BCUT2D eigenvalue weighted by Crippen LogP contribution is 2.09. The molecule has 0 saturated heterocycles. The lowest BCUT2D eigenvalue weighted by molar-refractivity contribution is 0.746. The average Bonchev–Trinajstić information content (AvgIpc) is 3.16. The van der Waals surface area contributed by atoms with Crippen molar-refractivity contribution >= 4 is 11.9 Å². The van der Waals surface area contributed by atoms with Crippen LogP contribution in [-0.4, -0.2) is 41.3 Å². The van der Waals surface area contributed by atoms with E-state index in [-0.39, 0.29) is 0 Å². The Labute approximate surface area is 121 Å². The number of nitrogens with zero attached hydrogens (tertiary/aromatic N) is 7. The highest BCUT2D eigenvalue weighted by atomic mass is 15.3. The van der Waals surface area contributed by atoms with Gasteiger partial charge in [0.2, 0.25) is 17.8 Å². The molecule has 0 amide bonds. The maximum absolute atomic E-state index is 4.36. The van der Waals surface area contributed by atoms with Crippen molar-refractivity contribution in [1.29, 1.82) is 0 Å². The van der Waals surface area contributed by atoms with Crippen molar-refractivity contribution in [3.8, 4) is 5.95 Å². The minimum atomic E-state index is 0.476. The highest BCUT2D eigenvalue weighted by molar-refractivity contribution is 5.37. The second-order valence-electron chi connectivity index (χ2n) is 4.34. The predicted octanol–water partition coefficient (Wildman–Crippen LogP) is 0.445. The minimum absolute atomic E-state index is 0.476. The van der Waals surface area contributed by atoms with Crippen molar-refractivity contribution in [3.05, 3.63) is 36.7 Å². The lowest BCUT2D eigenvalue weighted by Gasteiger charge is -2.07. The smallest absolute Gasteiger partial charge is 0.241 e. The van der Waals surface area contributed by atoms with Gasteiger partial charge in [0.25, 0.3) is 0 Å². The zero-order valence-electron chi connectivity index (χ0n) is 11.7. The maximum Gasteiger partial charge on any atom is 0.241 e. The van der Waals surface area contributed by atoms with Crippen LogP contribution in [0.1, 0.15) is 5.69 Å². The first-order valence-electron chi connectivity index (χ1n) is 6.39. The molecule has 0 fully saturated rings. The summed E-state index contributed by atoms with van der Waals surface area (Å²) in [6, 6.07) is 1.93. The van der Waals surface area contributed by atoms with E-state index >= 15 is 0 Å². The lowest BCUT2D eigenvalue weighted by Crippen LogP contribution is -2.11. The molecule has 9 heteroatoms. The van der Waals surface area contributed by atoms with Crippen molar-refractivity contribution in [2.24, 2.45) is 7.05 Å². The van der Waals surface area contributed by atoms with Gasteiger partial charge in [-0.3, -0.25) is 9.25 Å². The fraction of sp³-hybridized carbons (Fsp3) is 0.250. The van der Waals surface area contributed by atoms with Crippen molar-refractivity contribution in [2.45, 2.75) is 6.54 Å². The normalized spacial score (nSPS) is 10.6. The van der Waals surface area contributed by atoms with Gasteiger partial charge in [-0.05, 0) is 6.07 Å². The zero-order valence-corrected chi connectivity index (χ0v) is 11.7. The molecule has 9 nitrogen and oxygen atoms in total. The monoisotopic (exact) mass is 285 g/mol. The minimum Gasteiger partial charge on any atom is -0.357 e. The Morgan fingerprint density at radius 2 is 2.00 bits per heavy atom. The third-order valence-corrected chi connectivity index (χ3v) is 2.78. The van der Waals surface area contributed by atoms with Gasteiger partial charge in [0.1, 0.15) is 6.33 Å². The number of hydrogen-bond donors (Lipinski definition) is 2. The Bertz CT molecular complexity index is 716. The molecule has 0 aliphatic heterocycles. The Kier molecular flexibility index (Phi) is 3.46. The van der Waals surface area contributed by atoms with Gasteiger partial charge < -0.3 is 10.6 Å². The van der Waals surface area contributed by atoms with Crippen LogP contribution in [0.25, 0.3) is 5.95 Å². The number of anilines is 2. The van der Waals surface area contributed by atoms with Crippen molar-refractivity contribution in [3.63, 3.8) is 0 Å². The van der Waals surface area contributed by atoms with Gasteiger partial charge >= 0.3 is 0 Å². The molecule has 0 unspecified atom stereocenters. The second kappa shape index (κ2) is 5.57. The van der Waals surface area contributed by atoms with E-state index < -0.39 is 0 Å². The van der Waals surface area contributed by atoms with Crippen LogP contribution in [0.3, 0.4) is 0 Å².